The summed E-state index contributed by atoms with van der Waals surface area (Å²) in [6.45, 7) is 2.32. The minimum absolute atomic E-state index is 0.00674. The molecule has 0 N–H and O–H groups in total. The van der Waals surface area contributed by atoms with Crippen LogP contribution in [0.5, 0.6) is 0 Å². The highest BCUT2D eigenvalue weighted by Gasteiger charge is 2.39. The second-order valence-corrected chi connectivity index (χ2v) is 4.66. The van der Waals surface area contributed by atoms with Crippen molar-refractivity contribution < 1.29 is 32.5 Å². The molecule has 0 fully saturated rings. The predicted octanol–water partition coefficient (Wildman–Crippen LogP) is 4.10. The lowest BCUT2D eigenvalue weighted by atomic mass is 10.1. The summed E-state index contributed by atoms with van der Waals surface area (Å²) in [6, 6.07) is 4.02. The SMILES string of the molecule is CCCCCCOOC(=O)c1ccc(C(=O)C(F)(F)F)cc1. The van der Waals surface area contributed by atoms with Gasteiger partial charge < -0.3 is 0 Å². The molecule has 0 aliphatic heterocycles. The van der Waals surface area contributed by atoms with Crippen LogP contribution in [-0.4, -0.2) is 24.5 Å². The van der Waals surface area contributed by atoms with Crippen molar-refractivity contribution in [2.75, 3.05) is 6.61 Å². The zero-order valence-electron chi connectivity index (χ0n) is 12.1. The van der Waals surface area contributed by atoms with E-state index in [1.807, 2.05) is 0 Å². The molecule has 0 atom stereocenters. The first-order valence-electron chi connectivity index (χ1n) is 6.91. The van der Waals surface area contributed by atoms with Crippen molar-refractivity contribution in [3.8, 4) is 0 Å². The Morgan fingerprint density at radius 3 is 2.14 bits per heavy atom. The Labute approximate surface area is 126 Å². The highest BCUT2D eigenvalue weighted by atomic mass is 19.4. The monoisotopic (exact) mass is 318 g/mol. The van der Waals surface area contributed by atoms with Gasteiger partial charge in [-0.25, -0.2) is 4.79 Å². The first kappa shape index (κ1) is 18.2. The van der Waals surface area contributed by atoms with Gasteiger partial charge in [0, 0.05) is 5.56 Å². The van der Waals surface area contributed by atoms with E-state index >= 15 is 0 Å². The van der Waals surface area contributed by atoms with E-state index in [1.165, 1.54) is 0 Å². The number of hydrogen-bond donors (Lipinski definition) is 0. The molecule has 22 heavy (non-hydrogen) atoms. The Morgan fingerprint density at radius 2 is 1.59 bits per heavy atom. The molecule has 0 heterocycles. The molecule has 0 saturated carbocycles. The molecule has 0 radical (unpaired) electrons. The third-order valence-electron chi connectivity index (χ3n) is 2.86. The van der Waals surface area contributed by atoms with E-state index in [9.17, 15) is 22.8 Å². The fourth-order valence-electron chi connectivity index (χ4n) is 1.65. The number of Topliss-reactive ketones (excluding diaryl/α,β-unsaturated/α-hetero) is 1. The first-order chi connectivity index (χ1) is 10.4. The van der Waals surface area contributed by atoms with Crippen molar-refractivity contribution in [1.82, 2.24) is 0 Å². The van der Waals surface area contributed by atoms with Gasteiger partial charge in [-0.2, -0.15) is 18.1 Å². The summed E-state index contributed by atoms with van der Waals surface area (Å²) in [7, 11) is 0. The normalized spacial score (nSPS) is 11.3. The maximum atomic E-state index is 12.2. The van der Waals surface area contributed by atoms with Gasteiger partial charge in [0.1, 0.15) is 0 Å². The lowest BCUT2D eigenvalue weighted by molar-refractivity contribution is -0.241. The van der Waals surface area contributed by atoms with Gasteiger partial charge in [0.25, 0.3) is 5.78 Å². The van der Waals surface area contributed by atoms with E-state index < -0.39 is 23.5 Å². The average Bonchev–Trinajstić information content (AvgIpc) is 2.49. The number of unbranched alkanes of at least 4 members (excludes halogenated alkanes) is 3. The smallest absolute Gasteiger partial charge is 0.293 e. The molecule has 0 aliphatic rings. The van der Waals surface area contributed by atoms with Crippen LogP contribution >= 0.6 is 0 Å². The largest absolute Gasteiger partial charge is 0.454 e. The van der Waals surface area contributed by atoms with Gasteiger partial charge in [0.2, 0.25) is 0 Å². The van der Waals surface area contributed by atoms with Gasteiger partial charge >= 0.3 is 12.1 Å². The third-order valence-corrected chi connectivity index (χ3v) is 2.86. The number of ketones is 1. The molecular weight excluding hydrogens is 301 g/mol. The van der Waals surface area contributed by atoms with Crippen LogP contribution in [0.25, 0.3) is 0 Å². The molecule has 0 saturated heterocycles. The fraction of sp³-hybridized carbons (Fsp3) is 0.467. The molecule has 1 rings (SSSR count). The molecule has 1 aromatic carbocycles. The Morgan fingerprint density at radius 1 is 1.00 bits per heavy atom. The third kappa shape index (κ3) is 5.85. The Balaban J connectivity index is 2.46. The number of hydrogen-bond acceptors (Lipinski definition) is 4. The van der Waals surface area contributed by atoms with E-state index in [0.717, 1.165) is 49.9 Å². The molecule has 0 amide bonds. The van der Waals surface area contributed by atoms with Crippen LogP contribution in [0.2, 0.25) is 0 Å². The molecule has 0 aromatic heterocycles. The van der Waals surface area contributed by atoms with E-state index in [-0.39, 0.29) is 12.2 Å². The minimum atomic E-state index is -4.94. The van der Waals surface area contributed by atoms with E-state index in [2.05, 4.69) is 11.8 Å². The van der Waals surface area contributed by atoms with E-state index in [4.69, 9.17) is 4.89 Å². The van der Waals surface area contributed by atoms with Crippen molar-refractivity contribution in [1.29, 1.82) is 0 Å². The molecule has 0 unspecified atom stereocenters. The number of benzene rings is 1. The molecule has 0 spiro atoms. The summed E-state index contributed by atoms with van der Waals surface area (Å²) in [5.41, 5.74) is -0.531. The van der Waals surface area contributed by atoms with Crippen molar-refractivity contribution >= 4 is 11.8 Å². The number of alkyl halides is 3. The number of carbonyl (C=O) groups excluding carboxylic acids is 2. The lowest BCUT2D eigenvalue weighted by Crippen LogP contribution is -2.22. The van der Waals surface area contributed by atoms with Crippen LogP contribution in [0.3, 0.4) is 0 Å². The summed E-state index contributed by atoms with van der Waals surface area (Å²) in [4.78, 5) is 31.8. The quantitative estimate of drug-likeness (QED) is 0.313. The number of halogens is 3. The van der Waals surface area contributed by atoms with Gasteiger partial charge in [-0.3, -0.25) is 9.68 Å². The van der Waals surface area contributed by atoms with E-state index in [0.29, 0.717) is 0 Å². The van der Waals surface area contributed by atoms with Crippen LogP contribution in [0, 0.1) is 0 Å². The average molecular weight is 318 g/mol. The van der Waals surface area contributed by atoms with Gasteiger partial charge in [0.15, 0.2) is 0 Å². The highest BCUT2D eigenvalue weighted by Crippen LogP contribution is 2.21. The molecular formula is C15H17F3O4. The molecule has 122 valence electrons. The fourth-order valence-corrected chi connectivity index (χ4v) is 1.65. The second-order valence-electron chi connectivity index (χ2n) is 4.66. The first-order valence-corrected chi connectivity index (χ1v) is 6.91. The predicted molar refractivity (Wildman–Crippen MR) is 72.3 cm³/mol. The summed E-state index contributed by atoms with van der Waals surface area (Å²) in [6.07, 6.45) is -1.10. The van der Waals surface area contributed by atoms with Crippen molar-refractivity contribution in [3.05, 3.63) is 35.4 Å². The minimum Gasteiger partial charge on any atom is -0.293 e. The van der Waals surface area contributed by atoms with Crippen molar-refractivity contribution in [3.63, 3.8) is 0 Å². The van der Waals surface area contributed by atoms with Crippen molar-refractivity contribution in [2.24, 2.45) is 0 Å². The standard InChI is InChI=1S/C15H17F3O4/c1-2-3-4-5-10-21-22-14(20)12-8-6-11(7-9-12)13(19)15(16,17)18/h6-9H,2-5,10H2,1H3. The maximum Gasteiger partial charge on any atom is 0.454 e. The lowest BCUT2D eigenvalue weighted by Gasteiger charge is -2.06. The summed E-state index contributed by atoms with van der Waals surface area (Å²) < 4.78 is 36.7. The zero-order chi connectivity index (χ0) is 16.6. The van der Waals surface area contributed by atoms with Crippen LogP contribution < -0.4 is 0 Å². The summed E-state index contributed by atoms with van der Waals surface area (Å²) in [5.74, 6) is -2.78. The van der Waals surface area contributed by atoms with E-state index in [1.54, 1.807) is 0 Å². The van der Waals surface area contributed by atoms with Crippen LogP contribution in [0.15, 0.2) is 24.3 Å². The number of carbonyl (C=O) groups is 2. The van der Waals surface area contributed by atoms with Gasteiger partial charge in [0.05, 0.1) is 12.2 Å². The second kappa shape index (κ2) is 8.53. The Kier molecular flexibility index (Phi) is 7.04. The van der Waals surface area contributed by atoms with Crippen LogP contribution in [0.4, 0.5) is 13.2 Å². The summed E-state index contributed by atoms with van der Waals surface area (Å²) in [5, 5.41) is 0. The summed E-state index contributed by atoms with van der Waals surface area (Å²) >= 11 is 0. The van der Waals surface area contributed by atoms with Gasteiger partial charge in [-0.15, -0.1) is 0 Å². The maximum absolute atomic E-state index is 12.2. The van der Waals surface area contributed by atoms with Gasteiger partial charge in [-0.05, 0) is 18.6 Å². The Hall–Kier alpha value is -1.89. The van der Waals surface area contributed by atoms with Gasteiger partial charge in [-0.1, -0.05) is 38.3 Å². The molecule has 0 bridgehead atoms. The number of rotatable bonds is 8. The molecule has 4 nitrogen and oxygen atoms in total. The highest BCUT2D eigenvalue weighted by molar-refractivity contribution is 6.01. The topological polar surface area (TPSA) is 52.6 Å². The van der Waals surface area contributed by atoms with Crippen LogP contribution in [-0.2, 0) is 9.78 Å². The van der Waals surface area contributed by atoms with Crippen molar-refractivity contribution in [2.45, 2.75) is 38.8 Å². The van der Waals surface area contributed by atoms with Crippen LogP contribution in [0.1, 0.15) is 53.3 Å². The molecule has 7 heteroatoms. The molecule has 0 aliphatic carbocycles. The Bertz CT molecular complexity index is 495. The molecule has 1 aromatic rings. The zero-order valence-corrected chi connectivity index (χ0v) is 12.1.